The van der Waals surface area contributed by atoms with Crippen molar-refractivity contribution in [2.45, 2.75) is 18.0 Å². The van der Waals surface area contributed by atoms with Crippen LogP contribution >= 0.6 is 24.0 Å². The molecule has 0 aliphatic carbocycles. The first-order valence-electron chi connectivity index (χ1n) is 8.24. The topological polar surface area (TPSA) is 81.4 Å². The summed E-state index contributed by atoms with van der Waals surface area (Å²) >= 11 is 6.12. The third kappa shape index (κ3) is 6.14. The first-order chi connectivity index (χ1) is 12.9. The van der Waals surface area contributed by atoms with Crippen molar-refractivity contribution >= 4 is 39.7 Å². The van der Waals surface area contributed by atoms with Crippen LogP contribution in [0.15, 0.2) is 77.7 Å². The fourth-order valence-electron chi connectivity index (χ4n) is 2.52. The average Bonchev–Trinajstić information content (AvgIpc) is 2.66. The molecule has 0 spiro atoms. The minimum atomic E-state index is -3.70. The Labute approximate surface area is 175 Å². The van der Waals surface area contributed by atoms with Crippen molar-refractivity contribution in [3.8, 4) is 5.75 Å². The van der Waals surface area contributed by atoms with E-state index in [0.717, 1.165) is 22.6 Å². The molecule has 28 heavy (non-hydrogen) atoms. The van der Waals surface area contributed by atoms with E-state index in [2.05, 4.69) is 5.32 Å². The zero-order valence-corrected chi connectivity index (χ0v) is 17.2. The van der Waals surface area contributed by atoms with E-state index in [9.17, 15) is 8.42 Å². The van der Waals surface area contributed by atoms with Gasteiger partial charge in [0.2, 0.25) is 10.0 Å². The van der Waals surface area contributed by atoms with Gasteiger partial charge in [-0.15, -0.1) is 12.4 Å². The molecule has 0 aliphatic heterocycles. The maximum absolute atomic E-state index is 11.3. The molecule has 3 aromatic rings. The number of nitrogens with two attached hydrogens (primary N) is 1. The summed E-state index contributed by atoms with van der Waals surface area (Å²) in [5.41, 5.74) is 2.73. The van der Waals surface area contributed by atoms with E-state index >= 15 is 0 Å². The van der Waals surface area contributed by atoms with Crippen molar-refractivity contribution in [1.82, 2.24) is 0 Å². The second-order valence-corrected chi connectivity index (χ2v) is 7.95. The molecule has 0 aliphatic rings. The third-order valence-electron chi connectivity index (χ3n) is 3.93. The number of halogens is 2. The van der Waals surface area contributed by atoms with Crippen molar-refractivity contribution < 1.29 is 13.2 Å². The van der Waals surface area contributed by atoms with Gasteiger partial charge in [-0.05, 0) is 48.0 Å². The molecule has 0 bridgehead atoms. The summed E-state index contributed by atoms with van der Waals surface area (Å²) in [4.78, 5) is 0.0719. The number of primary sulfonamides is 1. The summed E-state index contributed by atoms with van der Waals surface area (Å²) in [6.45, 7) is 0.929. The van der Waals surface area contributed by atoms with Gasteiger partial charge >= 0.3 is 0 Å². The number of hydrogen-bond acceptors (Lipinski definition) is 4. The van der Waals surface area contributed by atoms with E-state index in [1.165, 1.54) is 12.1 Å². The Balaban J connectivity index is 0.00000280. The predicted octanol–water partition coefficient (Wildman–Crippen LogP) is 4.60. The van der Waals surface area contributed by atoms with Crippen LogP contribution in [0.2, 0.25) is 5.02 Å². The SMILES string of the molecule is Cl.NS(=O)(=O)c1ccc(NCc2cc(Cl)ccc2OCc2ccccc2)cc1. The van der Waals surface area contributed by atoms with Gasteiger partial charge in [-0.1, -0.05) is 41.9 Å². The molecule has 0 saturated carbocycles. The highest BCUT2D eigenvalue weighted by molar-refractivity contribution is 7.89. The van der Waals surface area contributed by atoms with E-state index in [0.29, 0.717) is 18.2 Å². The maximum Gasteiger partial charge on any atom is 0.238 e. The number of benzene rings is 3. The Morgan fingerprint density at radius 1 is 0.964 bits per heavy atom. The van der Waals surface area contributed by atoms with E-state index in [-0.39, 0.29) is 17.3 Å². The summed E-state index contributed by atoms with van der Waals surface area (Å²) in [6.07, 6.45) is 0. The molecule has 8 heteroatoms. The average molecular weight is 439 g/mol. The predicted molar refractivity (Wildman–Crippen MR) is 115 cm³/mol. The molecule has 5 nitrogen and oxygen atoms in total. The van der Waals surface area contributed by atoms with Gasteiger partial charge in [0.25, 0.3) is 0 Å². The Morgan fingerprint density at radius 3 is 2.29 bits per heavy atom. The Kier molecular flexibility index (Phi) is 7.71. The highest BCUT2D eigenvalue weighted by atomic mass is 35.5. The third-order valence-corrected chi connectivity index (χ3v) is 5.09. The van der Waals surface area contributed by atoms with Crippen LogP contribution in [0.4, 0.5) is 5.69 Å². The summed E-state index contributed by atoms with van der Waals surface area (Å²) in [7, 11) is -3.70. The number of sulfonamides is 1. The van der Waals surface area contributed by atoms with Crippen molar-refractivity contribution in [3.63, 3.8) is 0 Å². The first kappa shape index (κ1) is 22.0. The quantitative estimate of drug-likeness (QED) is 0.564. The number of ether oxygens (including phenoxy) is 1. The first-order valence-corrected chi connectivity index (χ1v) is 10.2. The molecule has 0 aromatic heterocycles. The molecule has 0 radical (unpaired) electrons. The van der Waals surface area contributed by atoms with Crippen molar-refractivity contribution in [3.05, 3.63) is 88.9 Å². The second-order valence-electron chi connectivity index (χ2n) is 5.95. The van der Waals surface area contributed by atoms with Crippen molar-refractivity contribution in [2.24, 2.45) is 5.14 Å². The van der Waals surface area contributed by atoms with E-state index in [1.807, 2.05) is 42.5 Å². The normalized spacial score (nSPS) is 10.8. The van der Waals surface area contributed by atoms with Gasteiger partial charge in [0, 0.05) is 22.8 Å². The Hall–Kier alpha value is -2.25. The van der Waals surface area contributed by atoms with E-state index in [1.54, 1.807) is 18.2 Å². The van der Waals surface area contributed by atoms with Gasteiger partial charge in [-0.25, -0.2) is 13.6 Å². The fraction of sp³-hybridized carbons (Fsp3) is 0.100. The lowest BCUT2D eigenvalue weighted by atomic mass is 10.2. The van der Waals surface area contributed by atoms with Crippen molar-refractivity contribution in [2.75, 3.05) is 5.32 Å². The van der Waals surface area contributed by atoms with Crippen LogP contribution in [0.1, 0.15) is 11.1 Å². The number of nitrogens with one attached hydrogen (secondary N) is 1. The lowest BCUT2D eigenvalue weighted by Crippen LogP contribution is -2.12. The molecular formula is C20H20Cl2N2O3S. The second kappa shape index (κ2) is 9.80. The van der Waals surface area contributed by atoms with Crippen LogP contribution < -0.4 is 15.2 Å². The standard InChI is InChI=1S/C20H19ClN2O3S.ClH/c21-17-6-11-20(26-14-15-4-2-1-3-5-15)16(12-17)13-23-18-7-9-19(10-8-18)27(22,24)25;/h1-12,23H,13-14H2,(H2,22,24,25);1H. The zero-order chi connectivity index (χ0) is 19.3. The van der Waals surface area contributed by atoms with Crippen LogP contribution in [0.3, 0.4) is 0 Å². The van der Waals surface area contributed by atoms with E-state index in [4.69, 9.17) is 21.5 Å². The van der Waals surface area contributed by atoms with Crippen LogP contribution in [-0.4, -0.2) is 8.42 Å². The molecule has 0 fully saturated rings. The summed E-state index contributed by atoms with van der Waals surface area (Å²) in [5, 5.41) is 8.96. The van der Waals surface area contributed by atoms with Crippen LogP contribution in [0, 0.1) is 0 Å². The highest BCUT2D eigenvalue weighted by Crippen LogP contribution is 2.25. The Morgan fingerprint density at radius 2 is 1.64 bits per heavy atom. The highest BCUT2D eigenvalue weighted by Gasteiger charge is 2.08. The molecule has 0 heterocycles. The zero-order valence-electron chi connectivity index (χ0n) is 14.8. The number of hydrogen-bond donors (Lipinski definition) is 2. The fourth-order valence-corrected chi connectivity index (χ4v) is 3.23. The Bertz CT molecular complexity index is 1010. The smallest absolute Gasteiger partial charge is 0.238 e. The maximum atomic E-state index is 11.3. The molecule has 3 N–H and O–H groups in total. The largest absolute Gasteiger partial charge is 0.489 e. The van der Waals surface area contributed by atoms with Gasteiger partial charge in [0.05, 0.1) is 4.90 Å². The number of rotatable bonds is 7. The monoisotopic (exact) mass is 438 g/mol. The van der Waals surface area contributed by atoms with Gasteiger partial charge in [0.15, 0.2) is 0 Å². The molecule has 3 aromatic carbocycles. The summed E-state index contributed by atoms with van der Waals surface area (Å²) in [5.74, 6) is 0.733. The molecule has 0 saturated heterocycles. The van der Waals surface area contributed by atoms with Gasteiger partial charge in [-0.2, -0.15) is 0 Å². The minimum Gasteiger partial charge on any atom is -0.489 e. The summed E-state index contributed by atoms with van der Waals surface area (Å²) in [6, 6.07) is 21.6. The molecule has 0 atom stereocenters. The molecule has 0 amide bonds. The molecule has 3 rings (SSSR count). The molecule has 0 unspecified atom stereocenters. The number of anilines is 1. The van der Waals surface area contributed by atoms with Crippen LogP contribution in [0.25, 0.3) is 0 Å². The minimum absolute atomic E-state index is 0. The lowest BCUT2D eigenvalue weighted by molar-refractivity contribution is 0.303. The molecule has 148 valence electrons. The van der Waals surface area contributed by atoms with Gasteiger partial charge < -0.3 is 10.1 Å². The van der Waals surface area contributed by atoms with Gasteiger partial charge in [0.1, 0.15) is 12.4 Å². The van der Waals surface area contributed by atoms with Crippen molar-refractivity contribution in [1.29, 1.82) is 0 Å². The van der Waals surface area contributed by atoms with Crippen LogP contribution in [-0.2, 0) is 23.2 Å². The van der Waals surface area contributed by atoms with Crippen LogP contribution in [0.5, 0.6) is 5.75 Å². The van der Waals surface area contributed by atoms with E-state index < -0.39 is 10.0 Å². The summed E-state index contributed by atoms with van der Waals surface area (Å²) < 4.78 is 28.6. The molecular weight excluding hydrogens is 419 g/mol. The lowest BCUT2D eigenvalue weighted by Gasteiger charge is -2.14. The van der Waals surface area contributed by atoms with Gasteiger partial charge in [-0.3, -0.25) is 0 Å².